The van der Waals surface area contributed by atoms with Gasteiger partial charge in [0.2, 0.25) is 0 Å². The van der Waals surface area contributed by atoms with E-state index in [-0.39, 0.29) is 11.7 Å². The van der Waals surface area contributed by atoms with Crippen LogP contribution in [0, 0.1) is 5.82 Å². The average molecular weight is 359 g/mol. The minimum atomic E-state index is -0.239. The van der Waals surface area contributed by atoms with Gasteiger partial charge in [-0.25, -0.2) is 4.39 Å². The molecule has 128 valence electrons. The van der Waals surface area contributed by atoms with Gasteiger partial charge in [0.05, 0.1) is 5.69 Å². The highest BCUT2D eigenvalue weighted by atomic mass is 35.5. The Labute approximate surface area is 149 Å². The van der Waals surface area contributed by atoms with Gasteiger partial charge in [0.15, 0.2) is 5.76 Å². The number of anilines is 1. The molecule has 0 spiro atoms. The monoisotopic (exact) mass is 358 g/mol. The Hall–Kier alpha value is -2.53. The summed E-state index contributed by atoms with van der Waals surface area (Å²) in [6, 6.07) is 13.7. The van der Waals surface area contributed by atoms with Gasteiger partial charge in [0.1, 0.15) is 11.4 Å². The summed E-state index contributed by atoms with van der Waals surface area (Å²) in [4.78, 5) is 16.4. The van der Waals surface area contributed by atoms with Crippen molar-refractivity contribution in [3.05, 3.63) is 65.1 Å². The summed E-state index contributed by atoms with van der Waals surface area (Å²) >= 11 is 5.97. The van der Waals surface area contributed by atoms with Crippen LogP contribution >= 0.6 is 11.6 Å². The van der Waals surface area contributed by atoms with Crippen molar-refractivity contribution >= 4 is 34.2 Å². The normalized spacial score (nSPS) is 15.0. The van der Waals surface area contributed by atoms with Crippen LogP contribution < -0.4 is 4.90 Å². The van der Waals surface area contributed by atoms with Gasteiger partial charge in [-0.2, -0.15) is 0 Å². The molecule has 25 heavy (non-hydrogen) atoms. The second-order valence-corrected chi connectivity index (χ2v) is 6.46. The second-order valence-electron chi connectivity index (χ2n) is 6.02. The number of benzene rings is 2. The molecule has 1 amide bonds. The number of amides is 1. The molecule has 1 aromatic heterocycles. The van der Waals surface area contributed by atoms with Crippen molar-refractivity contribution in [2.45, 2.75) is 0 Å². The number of fused-ring (bicyclic) bond motifs is 1. The van der Waals surface area contributed by atoms with Crippen molar-refractivity contribution in [2.75, 3.05) is 31.1 Å². The van der Waals surface area contributed by atoms with Crippen molar-refractivity contribution in [1.82, 2.24) is 4.90 Å². The van der Waals surface area contributed by atoms with Crippen LogP contribution in [-0.4, -0.2) is 37.0 Å². The number of hydrogen-bond donors (Lipinski definition) is 0. The molecule has 0 saturated carbocycles. The van der Waals surface area contributed by atoms with Gasteiger partial charge >= 0.3 is 0 Å². The molecule has 1 aliphatic rings. The number of carbonyl (C=O) groups excluding carboxylic acids is 1. The predicted octanol–water partition coefficient (Wildman–Crippen LogP) is 4.19. The molecule has 3 aromatic rings. The van der Waals surface area contributed by atoms with Crippen LogP contribution in [-0.2, 0) is 0 Å². The molecule has 0 aliphatic carbocycles. The molecule has 1 saturated heterocycles. The van der Waals surface area contributed by atoms with E-state index in [0.717, 1.165) is 5.39 Å². The van der Waals surface area contributed by atoms with E-state index in [9.17, 15) is 9.18 Å². The lowest BCUT2D eigenvalue weighted by Gasteiger charge is -2.35. The molecular formula is C19H16ClFN2O2. The maximum atomic E-state index is 13.9. The SMILES string of the molecule is O=C(c1cc2cc(Cl)ccc2o1)N1CCN(c2ccccc2F)CC1. The molecule has 0 N–H and O–H groups in total. The molecule has 0 unspecified atom stereocenters. The molecule has 4 rings (SSSR count). The largest absolute Gasteiger partial charge is 0.451 e. The third kappa shape index (κ3) is 3.07. The minimum Gasteiger partial charge on any atom is -0.451 e. The first-order valence-corrected chi connectivity index (χ1v) is 8.47. The van der Waals surface area contributed by atoms with Crippen LogP contribution in [0.25, 0.3) is 11.0 Å². The number of carbonyl (C=O) groups is 1. The molecule has 0 bridgehead atoms. The molecule has 0 radical (unpaired) electrons. The van der Waals surface area contributed by atoms with Gasteiger partial charge < -0.3 is 14.2 Å². The van der Waals surface area contributed by atoms with E-state index in [4.69, 9.17) is 16.0 Å². The van der Waals surface area contributed by atoms with Crippen LogP contribution in [0.4, 0.5) is 10.1 Å². The van der Waals surface area contributed by atoms with E-state index < -0.39 is 0 Å². The quantitative estimate of drug-likeness (QED) is 0.689. The molecular weight excluding hydrogens is 343 g/mol. The average Bonchev–Trinajstić information content (AvgIpc) is 3.05. The Morgan fingerprint density at radius 1 is 1.04 bits per heavy atom. The third-order valence-corrected chi connectivity index (χ3v) is 4.68. The lowest BCUT2D eigenvalue weighted by molar-refractivity contribution is 0.0717. The van der Waals surface area contributed by atoms with Gasteiger partial charge in [0, 0.05) is 36.6 Å². The fourth-order valence-corrected chi connectivity index (χ4v) is 3.31. The molecule has 6 heteroatoms. The smallest absolute Gasteiger partial charge is 0.289 e. The Kier molecular flexibility index (Phi) is 4.09. The highest BCUT2D eigenvalue weighted by Crippen LogP contribution is 2.25. The van der Waals surface area contributed by atoms with Crippen molar-refractivity contribution in [2.24, 2.45) is 0 Å². The van der Waals surface area contributed by atoms with E-state index >= 15 is 0 Å². The summed E-state index contributed by atoms with van der Waals surface area (Å²) in [7, 11) is 0. The lowest BCUT2D eigenvalue weighted by Crippen LogP contribution is -2.49. The van der Waals surface area contributed by atoms with Gasteiger partial charge in [-0.05, 0) is 36.4 Å². The van der Waals surface area contributed by atoms with Gasteiger partial charge in [-0.1, -0.05) is 23.7 Å². The maximum Gasteiger partial charge on any atom is 0.289 e. The molecule has 2 aromatic carbocycles. The Morgan fingerprint density at radius 2 is 1.80 bits per heavy atom. The Bertz CT molecular complexity index is 932. The summed E-state index contributed by atoms with van der Waals surface area (Å²) in [6.07, 6.45) is 0. The van der Waals surface area contributed by atoms with Crippen molar-refractivity contribution in [3.63, 3.8) is 0 Å². The zero-order chi connectivity index (χ0) is 17.4. The second kappa shape index (κ2) is 6.41. The van der Waals surface area contributed by atoms with E-state index in [2.05, 4.69) is 0 Å². The van der Waals surface area contributed by atoms with Crippen LogP contribution in [0.3, 0.4) is 0 Å². The zero-order valence-corrected chi connectivity index (χ0v) is 14.2. The van der Waals surface area contributed by atoms with E-state index in [1.54, 1.807) is 41.3 Å². The standard InChI is InChI=1S/C19H16ClFN2O2/c20-14-5-6-17-13(11-14)12-18(25-17)19(24)23-9-7-22(8-10-23)16-4-2-1-3-15(16)21/h1-6,11-12H,7-10H2. The van der Waals surface area contributed by atoms with E-state index in [1.807, 2.05) is 11.0 Å². The van der Waals surface area contributed by atoms with E-state index in [1.165, 1.54) is 6.07 Å². The number of hydrogen-bond acceptors (Lipinski definition) is 3. The van der Waals surface area contributed by atoms with Gasteiger partial charge in [-0.3, -0.25) is 4.79 Å². The van der Waals surface area contributed by atoms with E-state index in [0.29, 0.717) is 48.2 Å². The molecule has 1 aliphatic heterocycles. The lowest BCUT2D eigenvalue weighted by atomic mass is 10.2. The maximum absolute atomic E-state index is 13.9. The third-order valence-electron chi connectivity index (χ3n) is 4.45. The van der Waals surface area contributed by atoms with Gasteiger partial charge in [0.25, 0.3) is 5.91 Å². The number of nitrogens with zero attached hydrogens (tertiary/aromatic N) is 2. The first kappa shape index (κ1) is 16.0. The first-order chi connectivity index (χ1) is 12.1. The summed E-state index contributed by atoms with van der Waals surface area (Å²) in [6.45, 7) is 2.20. The van der Waals surface area contributed by atoms with Crippen molar-refractivity contribution in [3.8, 4) is 0 Å². The number of para-hydroxylation sites is 1. The molecule has 4 nitrogen and oxygen atoms in total. The highest BCUT2D eigenvalue weighted by Gasteiger charge is 2.25. The number of furan rings is 1. The fraction of sp³-hybridized carbons (Fsp3) is 0.211. The number of piperazine rings is 1. The topological polar surface area (TPSA) is 36.7 Å². The van der Waals surface area contributed by atoms with Crippen LogP contribution in [0.5, 0.6) is 0 Å². The van der Waals surface area contributed by atoms with Gasteiger partial charge in [-0.15, -0.1) is 0 Å². The minimum absolute atomic E-state index is 0.152. The zero-order valence-electron chi connectivity index (χ0n) is 13.4. The predicted molar refractivity (Wildman–Crippen MR) is 95.7 cm³/mol. The molecule has 0 atom stereocenters. The molecule has 2 heterocycles. The Balaban J connectivity index is 1.48. The molecule has 1 fully saturated rings. The van der Waals surface area contributed by atoms with Crippen LogP contribution in [0.1, 0.15) is 10.6 Å². The van der Waals surface area contributed by atoms with Crippen LogP contribution in [0.2, 0.25) is 5.02 Å². The summed E-state index contributed by atoms with van der Waals surface area (Å²) in [5, 5.41) is 1.41. The van der Waals surface area contributed by atoms with Crippen LogP contribution in [0.15, 0.2) is 52.9 Å². The number of halogens is 2. The first-order valence-electron chi connectivity index (χ1n) is 8.10. The summed E-state index contributed by atoms with van der Waals surface area (Å²) in [5.41, 5.74) is 1.21. The summed E-state index contributed by atoms with van der Waals surface area (Å²) < 4.78 is 19.5. The highest BCUT2D eigenvalue weighted by molar-refractivity contribution is 6.31. The Morgan fingerprint density at radius 3 is 2.56 bits per heavy atom. The fourth-order valence-electron chi connectivity index (χ4n) is 3.13. The summed E-state index contributed by atoms with van der Waals surface area (Å²) in [5.74, 6) is -0.0893. The van der Waals surface area contributed by atoms with Crippen molar-refractivity contribution < 1.29 is 13.6 Å². The number of rotatable bonds is 2. The van der Waals surface area contributed by atoms with Crippen molar-refractivity contribution in [1.29, 1.82) is 0 Å².